The van der Waals surface area contributed by atoms with Crippen LogP contribution in [0.2, 0.25) is 0 Å². The SMILES string of the molecule is c1cc[nH]c1.c1ccc2c[nH]cc2c1. The van der Waals surface area contributed by atoms with Crippen molar-refractivity contribution in [1.29, 1.82) is 0 Å². The minimum absolute atomic E-state index is 1.28. The molecule has 0 radical (unpaired) electrons. The standard InChI is InChI=1S/C8H7N.C4H5N/c1-2-4-8-6-9-5-7(8)3-1;1-2-4-5-3-1/h1-6,9H;1-5H. The van der Waals surface area contributed by atoms with Crippen molar-refractivity contribution in [3.63, 3.8) is 0 Å². The molecule has 0 saturated heterocycles. The molecule has 2 N–H and O–H groups in total. The van der Waals surface area contributed by atoms with Crippen molar-refractivity contribution < 1.29 is 0 Å². The zero-order valence-electron chi connectivity index (χ0n) is 7.77. The summed E-state index contributed by atoms with van der Waals surface area (Å²) in [7, 11) is 0. The second kappa shape index (κ2) is 4.33. The monoisotopic (exact) mass is 184 g/mol. The molecule has 0 unspecified atom stereocenters. The fraction of sp³-hybridized carbons (Fsp3) is 0. The van der Waals surface area contributed by atoms with E-state index in [4.69, 9.17) is 0 Å². The van der Waals surface area contributed by atoms with Gasteiger partial charge in [-0.1, -0.05) is 24.3 Å². The first-order valence-corrected chi connectivity index (χ1v) is 4.56. The zero-order valence-corrected chi connectivity index (χ0v) is 7.77. The van der Waals surface area contributed by atoms with Crippen molar-refractivity contribution in [3.8, 4) is 0 Å². The number of benzene rings is 1. The Morgan fingerprint density at radius 2 is 1.21 bits per heavy atom. The largest absolute Gasteiger partial charge is 0.368 e. The van der Waals surface area contributed by atoms with Crippen LogP contribution in [-0.4, -0.2) is 9.97 Å². The molecular weight excluding hydrogens is 172 g/mol. The summed E-state index contributed by atoms with van der Waals surface area (Å²) in [4.78, 5) is 5.90. The summed E-state index contributed by atoms with van der Waals surface area (Å²) in [6.07, 6.45) is 7.74. The number of aromatic nitrogens is 2. The van der Waals surface area contributed by atoms with Gasteiger partial charge in [0.25, 0.3) is 0 Å². The first kappa shape index (κ1) is 8.63. The molecule has 0 amide bonds. The maximum atomic E-state index is 3.04. The predicted octanol–water partition coefficient (Wildman–Crippen LogP) is 3.18. The second-order valence-electron chi connectivity index (χ2n) is 2.97. The molecular formula is C12H12N2. The van der Waals surface area contributed by atoms with Gasteiger partial charge < -0.3 is 9.97 Å². The minimum Gasteiger partial charge on any atom is -0.368 e. The first-order chi connectivity index (χ1) is 6.97. The van der Waals surface area contributed by atoms with E-state index in [9.17, 15) is 0 Å². The van der Waals surface area contributed by atoms with E-state index in [1.165, 1.54) is 10.8 Å². The number of aromatic amines is 2. The molecule has 1 aromatic carbocycles. The summed E-state index contributed by atoms with van der Waals surface area (Å²) in [6, 6.07) is 12.1. The highest BCUT2D eigenvalue weighted by molar-refractivity contribution is 5.81. The Morgan fingerprint density at radius 1 is 0.643 bits per heavy atom. The average molecular weight is 184 g/mol. The minimum atomic E-state index is 1.28. The highest BCUT2D eigenvalue weighted by Gasteiger charge is 1.86. The van der Waals surface area contributed by atoms with E-state index < -0.39 is 0 Å². The molecule has 2 aromatic heterocycles. The van der Waals surface area contributed by atoms with Crippen LogP contribution in [0.15, 0.2) is 61.2 Å². The molecule has 70 valence electrons. The van der Waals surface area contributed by atoms with Gasteiger partial charge >= 0.3 is 0 Å². The van der Waals surface area contributed by atoms with Crippen molar-refractivity contribution in [2.45, 2.75) is 0 Å². The van der Waals surface area contributed by atoms with Crippen molar-refractivity contribution in [2.24, 2.45) is 0 Å². The number of nitrogens with one attached hydrogen (secondary N) is 2. The fourth-order valence-electron chi connectivity index (χ4n) is 1.27. The Balaban J connectivity index is 0.000000128. The van der Waals surface area contributed by atoms with Gasteiger partial charge in [0.05, 0.1) is 0 Å². The lowest BCUT2D eigenvalue weighted by Crippen LogP contribution is -1.57. The van der Waals surface area contributed by atoms with Gasteiger partial charge in [-0.15, -0.1) is 0 Å². The van der Waals surface area contributed by atoms with E-state index in [1.54, 1.807) is 0 Å². The highest BCUT2D eigenvalue weighted by atomic mass is 14.6. The van der Waals surface area contributed by atoms with Crippen LogP contribution in [0.25, 0.3) is 10.8 Å². The summed E-state index contributed by atoms with van der Waals surface area (Å²) < 4.78 is 0. The number of rotatable bonds is 0. The van der Waals surface area contributed by atoms with E-state index in [-0.39, 0.29) is 0 Å². The predicted molar refractivity (Wildman–Crippen MR) is 59.1 cm³/mol. The molecule has 0 spiro atoms. The number of fused-ring (bicyclic) bond motifs is 1. The average Bonchev–Trinajstić information content (AvgIpc) is 2.92. The lowest BCUT2D eigenvalue weighted by Gasteiger charge is -1.81. The smallest absolute Gasteiger partial charge is 0.00843 e. The van der Waals surface area contributed by atoms with Crippen LogP contribution in [0, 0.1) is 0 Å². The molecule has 0 aliphatic heterocycles. The zero-order chi connectivity index (χ0) is 9.64. The van der Waals surface area contributed by atoms with E-state index in [1.807, 2.05) is 49.1 Å². The lowest BCUT2D eigenvalue weighted by molar-refractivity contribution is 1.42. The van der Waals surface area contributed by atoms with Crippen molar-refractivity contribution in [1.82, 2.24) is 9.97 Å². The first-order valence-electron chi connectivity index (χ1n) is 4.56. The Bertz CT molecular complexity index is 418. The summed E-state index contributed by atoms with van der Waals surface area (Å²) in [6.45, 7) is 0. The van der Waals surface area contributed by atoms with Gasteiger partial charge in [-0.05, 0) is 22.9 Å². The topological polar surface area (TPSA) is 31.6 Å². The molecule has 0 bridgehead atoms. The molecule has 0 fully saturated rings. The second-order valence-corrected chi connectivity index (χ2v) is 2.97. The third-order valence-corrected chi connectivity index (χ3v) is 1.97. The summed E-state index contributed by atoms with van der Waals surface area (Å²) >= 11 is 0. The third-order valence-electron chi connectivity index (χ3n) is 1.97. The molecule has 3 rings (SSSR count). The Morgan fingerprint density at radius 3 is 1.64 bits per heavy atom. The molecule has 0 saturated carbocycles. The van der Waals surface area contributed by atoms with E-state index in [0.717, 1.165) is 0 Å². The van der Waals surface area contributed by atoms with E-state index in [2.05, 4.69) is 22.1 Å². The quantitative estimate of drug-likeness (QED) is 0.537. The van der Waals surface area contributed by atoms with Crippen molar-refractivity contribution in [3.05, 3.63) is 61.2 Å². The van der Waals surface area contributed by atoms with Gasteiger partial charge in [0.1, 0.15) is 0 Å². The molecule has 3 aromatic rings. The van der Waals surface area contributed by atoms with Crippen molar-refractivity contribution in [2.75, 3.05) is 0 Å². The molecule has 2 heteroatoms. The van der Waals surface area contributed by atoms with Gasteiger partial charge in [0.15, 0.2) is 0 Å². The molecule has 0 aliphatic rings. The van der Waals surface area contributed by atoms with Crippen LogP contribution in [0.1, 0.15) is 0 Å². The van der Waals surface area contributed by atoms with Crippen LogP contribution in [0.4, 0.5) is 0 Å². The van der Waals surface area contributed by atoms with Gasteiger partial charge in [0, 0.05) is 24.8 Å². The Labute approximate surface area is 82.6 Å². The Kier molecular flexibility index (Phi) is 2.67. The van der Waals surface area contributed by atoms with Gasteiger partial charge in [-0.2, -0.15) is 0 Å². The third kappa shape index (κ3) is 2.04. The van der Waals surface area contributed by atoms with Crippen LogP contribution >= 0.6 is 0 Å². The summed E-state index contributed by atoms with van der Waals surface area (Å²) in [5.41, 5.74) is 0. The fourth-order valence-corrected chi connectivity index (χ4v) is 1.27. The Hall–Kier alpha value is -1.96. The maximum Gasteiger partial charge on any atom is 0.00843 e. The maximum absolute atomic E-state index is 3.04. The number of H-pyrrole nitrogens is 2. The van der Waals surface area contributed by atoms with Crippen molar-refractivity contribution >= 4 is 10.8 Å². The summed E-state index contributed by atoms with van der Waals surface area (Å²) in [5.74, 6) is 0. The van der Waals surface area contributed by atoms with Crippen LogP contribution < -0.4 is 0 Å². The molecule has 0 atom stereocenters. The molecule has 0 aliphatic carbocycles. The number of hydrogen-bond donors (Lipinski definition) is 2. The van der Waals surface area contributed by atoms with Gasteiger partial charge in [0.2, 0.25) is 0 Å². The van der Waals surface area contributed by atoms with Crippen LogP contribution in [0.5, 0.6) is 0 Å². The van der Waals surface area contributed by atoms with Gasteiger partial charge in [-0.25, -0.2) is 0 Å². The number of hydrogen-bond acceptors (Lipinski definition) is 0. The highest BCUT2D eigenvalue weighted by Crippen LogP contribution is 2.10. The van der Waals surface area contributed by atoms with Crippen LogP contribution in [-0.2, 0) is 0 Å². The lowest BCUT2D eigenvalue weighted by atomic mass is 10.2. The van der Waals surface area contributed by atoms with Crippen LogP contribution in [0.3, 0.4) is 0 Å². The molecule has 2 heterocycles. The molecule has 14 heavy (non-hydrogen) atoms. The van der Waals surface area contributed by atoms with E-state index >= 15 is 0 Å². The summed E-state index contributed by atoms with van der Waals surface area (Å²) in [5, 5.41) is 2.55. The molecule has 2 nitrogen and oxygen atoms in total. The van der Waals surface area contributed by atoms with E-state index in [0.29, 0.717) is 0 Å². The van der Waals surface area contributed by atoms with Gasteiger partial charge in [-0.3, -0.25) is 0 Å². The normalized spacial score (nSPS) is 9.43.